The molecule has 150 valence electrons. The molecule has 2 aromatic carbocycles. The van der Waals surface area contributed by atoms with E-state index in [2.05, 4.69) is 35.3 Å². The fourth-order valence-electron chi connectivity index (χ4n) is 3.39. The standard InChI is InChI=1S/C21H22ClN5OS/c1-3-26(28)13-20-25-24-19-12-23-21(15-7-5-6-8-17(15)22)16-11-14(29-4-2)9-10-18(16)27(19)20/h5-11,28H,3-4,12-13H2,1-2H3. The van der Waals surface area contributed by atoms with E-state index < -0.39 is 0 Å². The third-order valence-electron chi connectivity index (χ3n) is 4.77. The summed E-state index contributed by atoms with van der Waals surface area (Å²) in [6.45, 7) is 5.20. The summed E-state index contributed by atoms with van der Waals surface area (Å²) in [6.07, 6.45) is 0. The van der Waals surface area contributed by atoms with E-state index in [-0.39, 0.29) is 6.54 Å². The SMILES string of the molecule is CCSc1ccc2c(c1)C(c1ccccc1Cl)=NCc1nnc(CN(O)CC)n1-2. The highest BCUT2D eigenvalue weighted by atomic mass is 35.5. The van der Waals surface area contributed by atoms with Gasteiger partial charge in [-0.1, -0.05) is 43.6 Å². The van der Waals surface area contributed by atoms with Crippen molar-refractivity contribution in [1.82, 2.24) is 19.8 Å². The van der Waals surface area contributed by atoms with Gasteiger partial charge in [-0.3, -0.25) is 9.56 Å². The quantitative estimate of drug-likeness (QED) is 0.460. The number of nitrogens with zero attached hydrogens (tertiary/aromatic N) is 5. The maximum absolute atomic E-state index is 10.0. The Hall–Kier alpha value is -2.19. The average Bonchev–Trinajstić information content (AvgIpc) is 3.04. The molecule has 0 saturated carbocycles. The zero-order valence-electron chi connectivity index (χ0n) is 16.3. The Kier molecular flexibility index (Phi) is 6.01. The minimum Gasteiger partial charge on any atom is -0.314 e. The molecule has 0 bridgehead atoms. The number of hydroxylamine groups is 2. The van der Waals surface area contributed by atoms with Crippen LogP contribution in [-0.4, -0.2) is 43.0 Å². The van der Waals surface area contributed by atoms with Crippen LogP contribution in [0.5, 0.6) is 0 Å². The molecule has 0 radical (unpaired) electrons. The highest BCUT2D eigenvalue weighted by molar-refractivity contribution is 7.99. The molecule has 4 rings (SSSR count). The predicted octanol–water partition coefficient (Wildman–Crippen LogP) is 4.59. The van der Waals surface area contributed by atoms with E-state index in [9.17, 15) is 5.21 Å². The Labute approximate surface area is 179 Å². The highest BCUT2D eigenvalue weighted by Crippen LogP contribution is 2.31. The molecule has 29 heavy (non-hydrogen) atoms. The molecular weight excluding hydrogens is 406 g/mol. The van der Waals surface area contributed by atoms with Gasteiger partial charge in [0.1, 0.15) is 6.54 Å². The highest BCUT2D eigenvalue weighted by Gasteiger charge is 2.24. The second kappa shape index (κ2) is 8.67. The summed E-state index contributed by atoms with van der Waals surface area (Å²) < 4.78 is 2.00. The van der Waals surface area contributed by atoms with E-state index in [1.54, 1.807) is 11.8 Å². The van der Waals surface area contributed by atoms with Gasteiger partial charge in [0.05, 0.1) is 17.9 Å². The number of fused-ring (bicyclic) bond motifs is 3. The first-order valence-corrected chi connectivity index (χ1v) is 10.9. The Morgan fingerprint density at radius 3 is 2.72 bits per heavy atom. The summed E-state index contributed by atoms with van der Waals surface area (Å²) in [7, 11) is 0. The molecule has 1 aromatic heterocycles. The van der Waals surface area contributed by atoms with Gasteiger partial charge in [0.15, 0.2) is 11.6 Å². The number of aromatic nitrogens is 3. The first-order chi connectivity index (χ1) is 14.1. The maximum Gasteiger partial charge on any atom is 0.159 e. The van der Waals surface area contributed by atoms with Gasteiger partial charge in [0.2, 0.25) is 0 Å². The van der Waals surface area contributed by atoms with E-state index in [0.717, 1.165) is 34.1 Å². The fraction of sp³-hybridized carbons (Fsp3) is 0.286. The number of benzene rings is 2. The monoisotopic (exact) mass is 427 g/mol. The van der Waals surface area contributed by atoms with Crippen molar-refractivity contribution in [2.45, 2.75) is 31.8 Å². The van der Waals surface area contributed by atoms with E-state index in [4.69, 9.17) is 16.6 Å². The first kappa shape index (κ1) is 20.1. The Bertz CT molecular complexity index is 1060. The molecule has 1 aliphatic rings. The van der Waals surface area contributed by atoms with Crippen LogP contribution in [0.1, 0.15) is 36.6 Å². The molecule has 0 fully saturated rings. The van der Waals surface area contributed by atoms with Crippen molar-refractivity contribution >= 4 is 29.1 Å². The second-order valence-corrected chi connectivity index (χ2v) is 8.35. The molecule has 2 heterocycles. The van der Waals surface area contributed by atoms with Gasteiger partial charge < -0.3 is 5.21 Å². The number of rotatable bonds is 6. The lowest BCUT2D eigenvalue weighted by atomic mass is 10.0. The average molecular weight is 428 g/mol. The Morgan fingerprint density at radius 1 is 1.14 bits per heavy atom. The van der Waals surface area contributed by atoms with Crippen molar-refractivity contribution in [3.63, 3.8) is 0 Å². The molecule has 0 aliphatic carbocycles. The van der Waals surface area contributed by atoms with Crippen LogP contribution in [0.15, 0.2) is 52.4 Å². The van der Waals surface area contributed by atoms with Crippen LogP contribution < -0.4 is 0 Å². The third-order valence-corrected chi connectivity index (χ3v) is 5.97. The van der Waals surface area contributed by atoms with E-state index >= 15 is 0 Å². The summed E-state index contributed by atoms with van der Waals surface area (Å²) in [4.78, 5) is 6.04. The van der Waals surface area contributed by atoms with Crippen molar-refractivity contribution in [2.24, 2.45) is 4.99 Å². The van der Waals surface area contributed by atoms with Crippen LogP contribution in [0.25, 0.3) is 5.69 Å². The van der Waals surface area contributed by atoms with Crippen LogP contribution in [0, 0.1) is 0 Å². The smallest absolute Gasteiger partial charge is 0.159 e. The summed E-state index contributed by atoms with van der Waals surface area (Å²) in [5.74, 6) is 2.40. The molecule has 0 saturated heterocycles. The topological polar surface area (TPSA) is 66.5 Å². The zero-order valence-corrected chi connectivity index (χ0v) is 17.9. The number of halogens is 1. The summed E-state index contributed by atoms with van der Waals surface area (Å²) >= 11 is 8.30. The summed E-state index contributed by atoms with van der Waals surface area (Å²) in [6, 6.07) is 14.1. The minimum absolute atomic E-state index is 0.288. The lowest BCUT2D eigenvalue weighted by molar-refractivity contribution is -0.0967. The lowest BCUT2D eigenvalue weighted by Gasteiger charge is -2.17. The van der Waals surface area contributed by atoms with Gasteiger partial charge in [-0.25, -0.2) is 0 Å². The molecule has 0 unspecified atom stereocenters. The minimum atomic E-state index is 0.288. The normalized spacial score (nSPS) is 13.1. The first-order valence-electron chi connectivity index (χ1n) is 9.56. The molecule has 1 aliphatic heterocycles. The predicted molar refractivity (Wildman–Crippen MR) is 116 cm³/mol. The van der Waals surface area contributed by atoms with Crippen molar-refractivity contribution in [3.05, 3.63) is 70.3 Å². The summed E-state index contributed by atoms with van der Waals surface area (Å²) in [5.41, 5.74) is 3.67. The number of thioether (sulfide) groups is 1. The molecule has 0 amide bonds. The largest absolute Gasteiger partial charge is 0.314 e. The van der Waals surface area contributed by atoms with Crippen LogP contribution in [0.3, 0.4) is 0 Å². The van der Waals surface area contributed by atoms with Crippen LogP contribution >= 0.6 is 23.4 Å². The van der Waals surface area contributed by atoms with E-state index in [1.165, 1.54) is 9.96 Å². The van der Waals surface area contributed by atoms with Gasteiger partial charge in [0.25, 0.3) is 0 Å². The molecular formula is C21H22ClN5OS. The number of hydrogen-bond donors (Lipinski definition) is 1. The number of aliphatic imine (C=N–C) groups is 1. The van der Waals surface area contributed by atoms with E-state index in [1.807, 2.05) is 35.8 Å². The van der Waals surface area contributed by atoms with Gasteiger partial charge in [-0.2, -0.15) is 5.06 Å². The van der Waals surface area contributed by atoms with Crippen molar-refractivity contribution in [1.29, 1.82) is 0 Å². The van der Waals surface area contributed by atoms with Crippen molar-refractivity contribution in [2.75, 3.05) is 12.3 Å². The van der Waals surface area contributed by atoms with Gasteiger partial charge in [-0.15, -0.1) is 22.0 Å². The molecule has 0 atom stereocenters. The van der Waals surface area contributed by atoms with Crippen LogP contribution in [-0.2, 0) is 13.1 Å². The molecule has 1 N–H and O–H groups in total. The van der Waals surface area contributed by atoms with Crippen LogP contribution in [0.2, 0.25) is 5.02 Å². The van der Waals surface area contributed by atoms with Crippen molar-refractivity contribution in [3.8, 4) is 5.69 Å². The second-order valence-electron chi connectivity index (χ2n) is 6.61. The Balaban J connectivity index is 1.91. The molecule has 3 aromatic rings. The summed E-state index contributed by atoms with van der Waals surface area (Å²) in [5, 5.41) is 20.6. The van der Waals surface area contributed by atoms with Crippen LogP contribution in [0.4, 0.5) is 0 Å². The fourth-order valence-corrected chi connectivity index (χ4v) is 4.31. The third kappa shape index (κ3) is 3.96. The zero-order chi connectivity index (χ0) is 20.4. The van der Waals surface area contributed by atoms with Gasteiger partial charge in [-0.05, 0) is 30.0 Å². The molecule has 0 spiro atoms. The van der Waals surface area contributed by atoms with Gasteiger partial charge >= 0.3 is 0 Å². The Morgan fingerprint density at radius 2 is 1.97 bits per heavy atom. The lowest BCUT2D eigenvalue weighted by Crippen LogP contribution is -2.21. The number of hydrogen-bond acceptors (Lipinski definition) is 6. The van der Waals surface area contributed by atoms with E-state index in [0.29, 0.717) is 23.9 Å². The molecule has 8 heteroatoms. The maximum atomic E-state index is 10.0. The van der Waals surface area contributed by atoms with Gasteiger partial charge in [0, 0.05) is 27.6 Å². The molecule has 6 nitrogen and oxygen atoms in total. The van der Waals surface area contributed by atoms with Crippen molar-refractivity contribution < 1.29 is 5.21 Å².